The van der Waals surface area contributed by atoms with Gasteiger partial charge in [-0.05, 0) is 0 Å². The van der Waals surface area contributed by atoms with Gasteiger partial charge in [0, 0.05) is 54.0 Å². The van der Waals surface area contributed by atoms with E-state index < -0.39 is 0 Å². The summed E-state index contributed by atoms with van der Waals surface area (Å²) >= 11 is 0. The summed E-state index contributed by atoms with van der Waals surface area (Å²) in [5, 5.41) is 5.22. The lowest BCUT2D eigenvalue weighted by Crippen LogP contribution is -2.01. The first-order chi connectivity index (χ1) is 20.2. The van der Waals surface area contributed by atoms with E-state index in [4.69, 9.17) is 29.9 Å². The maximum Gasteiger partial charge on any atom is 0.164 e. The lowest BCUT2D eigenvalue weighted by molar-refractivity contribution is 1.19. The average molecular weight is 545 g/mol. The lowest BCUT2D eigenvalue weighted by atomic mass is 10.1. The molecule has 9 rings (SSSR count). The van der Waals surface area contributed by atoms with Gasteiger partial charge in [0.25, 0.3) is 0 Å². The third-order valence-corrected chi connectivity index (χ3v) is 8.62. The van der Waals surface area contributed by atoms with Crippen LogP contribution < -0.4 is 5.19 Å². The van der Waals surface area contributed by atoms with Crippen LogP contribution in [0.3, 0.4) is 0 Å². The summed E-state index contributed by atoms with van der Waals surface area (Å²) in [7, 11) is 0.859. The first kappa shape index (κ1) is 22.3. The second kappa shape index (κ2) is 8.23. The number of nitrogens with one attached hydrogen (secondary N) is 2. The van der Waals surface area contributed by atoms with E-state index in [1.54, 1.807) is 0 Å². The van der Waals surface area contributed by atoms with E-state index >= 15 is 0 Å². The Labute approximate surface area is 235 Å². The van der Waals surface area contributed by atoms with Crippen molar-refractivity contribution in [3.8, 4) is 45.6 Å². The zero-order valence-electron chi connectivity index (χ0n) is 21.8. The van der Waals surface area contributed by atoms with E-state index in [0.29, 0.717) is 40.2 Å². The molecule has 5 heterocycles. The summed E-state index contributed by atoms with van der Waals surface area (Å²) in [5.74, 6) is 2.44. The first-order valence-corrected chi connectivity index (χ1v) is 14.4. The molecule has 8 nitrogen and oxygen atoms in total. The van der Waals surface area contributed by atoms with E-state index in [9.17, 15) is 0 Å². The number of hydrogen-bond donors (Lipinski definition) is 2. The van der Waals surface area contributed by atoms with Crippen LogP contribution in [0.15, 0.2) is 91.0 Å². The molecule has 3 aromatic heterocycles. The van der Waals surface area contributed by atoms with Crippen molar-refractivity contribution in [2.45, 2.75) is 0 Å². The highest BCUT2D eigenvalue weighted by Gasteiger charge is 2.21. The molecule has 192 valence electrons. The maximum atomic E-state index is 5.10. The largest absolute Gasteiger partial charge is 0.324 e. The minimum Gasteiger partial charge on any atom is -0.324 e. The number of rotatable bonds is 0. The van der Waals surface area contributed by atoms with Gasteiger partial charge >= 0.3 is 0 Å². The van der Waals surface area contributed by atoms with Gasteiger partial charge in [0.05, 0.1) is 0 Å². The van der Waals surface area contributed by atoms with Crippen LogP contribution in [0.5, 0.6) is 0 Å². The highest BCUT2D eigenvalue weighted by molar-refractivity contribution is 6.41. The van der Waals surface area contributed by atoms with Crippen LogP contribution in [-0.2, 0) is 0 Å². The van der Waals surface area contributed by atoms with E-state index in [1.165, 1.54) is 5.19 Å². The van der Waals surface area contributed by atoms with E-state index in [1.807, 2.05) is 72.8 Å². The van der Waals surface area contributed by atoms with Crippen LogP contribution in [0.2, 0.25) is 0 Å². The summed E-state index contributed by atoms with van der Waals surface area (Å²) < 4.78 is 0. The Balaban J connectivity index is 1.52. The zero-order chi connectivity index (χ0) is 27.1. The molecule has 0 saturated carbocycles. The summed E-state index contributed by atoms with van der Waals surface area (Å²) in [6.45, 7) is 0. The minimum absolute atomic E-state index is 0.605. The van der Waals surface area contributed by atoms with Crippen LogP contribution in [0.4, 0.5) is 0 Å². The normalized spacial score (nSPS) is 12.1. The standard InChI is InChI=1S/C32H20N8Si/c41-23-15-7-14-22-24(23)32-39-30-21-13-6-5-12-20(21)28(37-30)35-26-17-9-2-1-8-16(17)25(33-26)34-27-18-10-3-4-11-19(18)29(36-27)38-31(22)40-32/h1-15H,41H3,(H2,33,34,35,36,37,38,39,40). The second-order valence-electron chi connectivity index (χ2n) is 10.2. The highest BCUT2D eigenvalue weighted by atomic mass is 28.1. The Morgan fingerprint density at radius 1 is 0.390 bits per heavy atom. The number of aromatic amines is 2. The molecular weight excluding hydrogens is 524 g/mol. The molecule has 0 atom stereocenters. The molecule has 2 N–H and O–H groups in total. The van der Waals surface area contributed by atoms with Gasteiger partial charge in [-0.25, -0.2) is 29.9 Å². The maximum absolute atomic E-state index is 5.10. The Kier molecular flexibility index (Phi) is 4.47. The summed E-state index contributed by atoms with van der Waals surface area (Å²) in [6.07, 6.45) is 0. The molecule has 0 unspecified atom stereocenters. The molecule has 0 spiro atoms. The third-order valence-electron chi connectivity index (χ3n) is 7.79. The number of hydrogen-bond acceptors (Lipinski definition) is 6. The topological polar surface area (TPSA) is 109 Å². The average Bonchev–Trinajstić information content (AvgIpc) is 3.73. The summed E-state index contributed by atoms with van der Waals surface area (Å²) in [6, 6.07) is 30.6. The Morgan fingerprint density at radius 3 is 1.29 bits per heavy atom. The van der Waals surface area contributed by atoms with Crippen molar-refractivity contribution in [2.75, 3.05) is 0 Å². The van der Waals surface area contributed by atoms with Crippen molar-refractivity contribution in [1.29, 1.82) is 0 Å². The van der Waals surface area contributed by atoms with Crippen molar-refractivity contribution in [3.05, 3.63) is 91.0 Å². The molecule has 4 aromatic carbocycles. The molecular formula is C32H20N8Si. The second-order valence-corrected chi connectivity index (χ2v) is 11.3. The molecule has 8 bridgehead atoms. The Morgan fingerprint density at radius 2 is 0.780 bits per heavy atom. The molecule has 0 aliphatic carbocycles. The van der Waals surface area contributed by atoms with Gasteiger partial charge in [0.15, 0.2) is 23.3 Å². The fourth-order valence-electron chi connectivity index (χ4n) is 5.86. The number of benzene rings is 4. The smallest absolute Gasteiger partial charge is 0.164 e. The molecule has 0 amide bonds. The van der Waals surface area contributed by atoms with Crippen LogP contribution in [-0.4, -0.2) is 50.1 Å². The van der Waals surface area contributed by atoms with Crippen LogP contribution in [0.1, 0.15) is 0 Å². The Hall–Kier alpha value is -5.54. The van der Waals surface area contributed by atoms with Gasteiger partial charge in [-0.1, -0.05) is 96.2 Å². The number of H-pyrrole nitrogens is 2. The molecule has 9 heteroatoms. The van der Waals surface area contributed by atoms with Crippen molar-refractivity contribution in [2.24, 2.45) is 0 Å². The van der Waals surface area contributed by atoms with Gasteiger partial charge in [-0.3, -0.25) is 0 Å². The fraction of sp³-hybridized carbons (Fsp3) is 0. The van der Waals surface area contributed by atoms with Gasteiger partial charge in [-0.15, -0.1) is 0 Å². The lowest BCUT2D eigenvalue weighted by Gasteiger charge is -1.97. The predicted octanol–water partition coefficient (Wildman–Crippen LogP) is 4.86. The highest BCUT2D eigenvalue weighted by Crippen LogP contribution is 2.36. The molecule has 2 aliphatic heterocycles. The predicted molar refractivity (Wildman–Crippen MR) is 166 cm³/mol. The monoisotopic (exact) mass is 544 g/mol. The zero-order valence-corrected chi connectivity index (χ0v) is 23.8. The van der Waals surface area contributed by atoms with Gasteiger partial charge in [0.2, 0.25) is 0 Å². The molecule has 0 radical (unpaired) electrons. The number of aromatic nitrogens is 8. The molecule has 7 aromatic rings. The van der Waals surface area contributed by atoms with E-state index in [0.717, 1.165) is 59.7 Å². The van der Waals surface area contributed by atoms with Gasteiger partial charge in [-0.2, -0.15) is 0 Å². The quantitative estimate of drug-likeness (QED) is 0.264. The summed E-state index contributed by atoms with van der Waals surface area (Å²) in [5.41, 5.74) is 6.58. The first-order valence-electron chi connectivity index (χ1n) is 13.4. The SMILES string of the molecule is [SiH3]c1cccc2c3nc4nc(nc5[nH]c(nc6nc(nc([nH]3)c12)-c1ccccc1-6)c1ccccc51)-c1ccccc1-4. The fourth-order valence-corrected chi connectivity index (χ4v) is 6.56. The van der Waals surface area contributed by atoms with Crippen LogP contribution >= 0.6 is 0 Å². The van der Waals surface area contributed by atoms with Gasteiger partial charge in [0.1, 0.15) is 22.6 Å². The number of nitrogens with zero attached hydrogens (tertiary/aromatic N) is 6. The van der Waals surface area contributed by atoms with E-state index in [2.05, 4.69) is 28.2 Å². The third kappa shape index (κ3) is 3.26. The van der Waals surface area contributed by atoms with Gasteiger partial charge < -0.3 is 9.97 Å². The van der Waals surface area contributed by atoms with Crippen molar-refractivity contribution in [1.82, 2.24) is 39.9 Å². The summed E-state index contributed by atoms with van der Waals surface area (Å²) in [4.78, 5) is 37.1. The Bertz CT molecular complexity index is 2400. The minimum atomic E-state index is 0.605. The van der Waals surface area contributed by atoms with Crippen LogP contribution in [0, 0.1) is 0 Å². The number of fused-ring (bicyclic) bond motifs is 20. The molecule has 2 aliphatic rings. The molecule has 0 fully saturated rings. The molecule has 0 saturated heterocycles. The van der Waals surface area contributed by atoms with Crippen molar-refractivity contribution < 1.29 is 0 Å². The molecule has 41 heavy (non-hydrogen) atoms. The van der Waals surface area contributed by atoms with E-state index in [-0.39, 0.29) is 0 Å². The van der Waals surface area contributed by atoms with Crippen molar-refractivity contribution in [3.63, 3.8) is 0 Å². The van der Waals surface area contributed by atoms with Crippen LogP contribution in [0.25, 0.3) is 89.7 Å². The van der Waals surface area contributed by atoms with Crippen molar-refractivity contribution >= 4 is 59.6 Å².